The number of carbonyl (C=O) groups is 3. The summed E-state index contributed by atoms with van der Waals surface area (Å²) >= 11 is 0. The molecule has 0 spiro atoms. The average molecular weight is 230 g/mol. The fourth-order valence-electron chi connectivity index (χ4n) is 0.994. The number of hydrogen-bond acceptors (Lipinski definition) is 3. The molecule has 2 amide bonds. The van der Waals surface area contributed by atoms with Crippen LogP contribution in [0.25, 0.3) is 0 Å². The normalized spacial score (nSPS) is 9.56. The van der Waals surface area contributed by atoms with Gasteiger partial charge >= 0.3 is 5.97 Å². The van der Waals surface area contributed by atoms with Gasteiger partial charge in [0.15, 0.2) is 0 Å². The van der Waals surface area contributed by atoms with E-state index in [0.29, 0.717) is 6.54 Å². The molecule has 92 valence electrons. The lowest BCUT2D eigenvalue weighted by Gasteiger charge is -2.05. The van der Waals surface area contributed by atoms with Crippen molar-refractivity contribution >= 4 is 17.8 Å². The van der Waals surface area contributed by atoms with E-state index < -0.39 is 5.97 Å². The van der Waals surface area contributed by atoms with Crippen molar-refractivity contribution in [3.8, 4) is 0 Å². The molecule has 0 fully saturated rings. The smallest absolute Gasteiger partial charge is 0.303 e. The molecule has 6 heteroatoms. The number of amides is 2. The molecule has 0 bridgehead atoms. The molecule has 0 heterocycles. The van der Waals surface area contributed by atoms with Crippen LogP contribution in [0.5, 0.6) is 0 Å². The molecule has 0 aliphatic rings. The van der Waals surface area contributed by atoms with Gasteiger partial charge in [-0.2, -0.15) is 0 Å². The standard InChI is InChI=1S/C10H18N2O4/c1-2-6-11-9(14)7-12-8(13)4-3-5-10(15)16/h2-7H2,1H3,(H,11,14)(H,12,13)(H,15,16). The quantitative estimate of drug-likeness (QED) is 0.542. The molecule has 0 saturated heterocycles. The van der Waals surface area contributed by atoms with E-state index in [2.05, 4.69) is 10.6 Å². The van der Waals surface area contributed by atoms with Crippen LogP contribution in [-0.4, -0.2) is 36.0 Å². The first-order valence-electron chi connectivity index (χ1n) is 5.31. The van der Waals surface area contributed by atoms with E-state index in [1.807, 2.05) is 6.92 Å². The van der Waals surface area contributed by atoms with Crippen LogP contribution in [0.4, 0.5) is 0 Å². The first-order valence-corrected chi connectivity index (χ1v) is 5.31. The van der Waals surface area contributed by atoms with Gasteiger partial charge in [-0.3, -0.25) is 14.4 Å². The number of nitrogens with one attached hydrogen (secondary N) is 2. The summed E-state index contributed by atoms with van der Waals surface area (Å²) in [5.41, 5.74) is 0. The minimum Gasteiger partial charge on any atom is -0.481 e. The van der Waals surface area contributed by atoms with Crippen LogP contribution in [-0.2, 0) is 14.4 Å². The van der Waals surface area contributed by atoms with Crippen LogP contribution in [0.3, 0.4) is 0 Å². The Morgan fingerprint density at radius 3 is 2.31 bits per heavy atom. The maximum absolute atomic E-state index is 11.1. The van der Waals surface area contributed by atoms with Gasteiger partial charge in [0.05, 0.1) is 6.54 Å². The molecule has 0 rings (SSSR count). The Morgan fingerprint density at radius 1 is 1.06 bits per heavy atom. The van der Waals surface area contributed by atoms with Gasteiger partial charge < -0.3 is 15.7 Å². The second-order valence-corrected chi connectivity index (χ2v) is 3.37. The number of carbonyl (C=O) groups excluding carboxylic acids is 2. The third kappa shape index (κ3) is 8.98. The van der Waals surface area contributed by atoms with Gasteiger partial charge in [0.1, 0.15) is 0 Å². The Balaban J connectivity index is 3.49. The van der Waals surface area contributed by atoms with Gasteiger partial charge in [-0.15, -0.1) is 0 Å². The van der Waals surface area contributed by atoms with Gasteiger partial charge in [0, 0.05) is 19.4 Å². The molecular weight excluding hydrogens is 212 g/mol. The maximum atomic E-state index is 11.1. The van der Waals surface area contributed by atoms with E-state index in [1.165, 1.54) is 0 Å². The molecule has 0 aromatic heterocycles. The van der Waals surface area contributed by atoms with Crippen LogP contribution >= 0.6 is 0 Å². The number of rotatable bonds is 8. The Bertz CT molecular complexity index is 253. The van der Waals surface area contributed by atoms with Gasteiger partial charge in [-0.1, -0.05) is 6.92 Å². The van der Waals surface area contributed by atoms with Crippen molar-refractivity contribution in [1.29, 1.82) is 0 Å². The molecule has 6 nitrogen and oxygen atoms in total. The maximum Gasteiger partial charge on any atom is 0.303 e. The fraction of sp³-hybridized carbons (Fsp3) is 0.700. The number of hydrogen-bond donors (Lipinski definition) is 3. The molecule has 0 radical (unpaired) electrons. The summed E-state index contributed by atoms with van der Waals surface area (Å²) in [4.78, 5) is 32.4. The summed E-state index contributed by atoms with van der Waals surface area (Å²) in [6.07, 6.45) is 1.23. The molecule has 0 saturated carbocycles. The SMILES string of the molecule is CCCNC(=O)CNC(=O)CCCC(=O)O. The molecule has 0 aromatic rings. The third-order valence-corrected chi connectivity index (χ3v) is 1.81. The summed E-state index contributed by atoms with van der Waals surface area (Å²) in [5.74, 6) is -1.45. The Kier molecular flexibility index (Phi) is 7.83. The van der Waals surface area contributed by atoms with Crippen LogP contribution in [0, 0.1) is 0 Å². The summed E-state index contributed by atoms with van der Waals surface area (Å²) in [5, 5.41) is 13.4. The van der Waals surface area contributed by atoms with Crippen molar-refractivity contribution in [2.45, 2.75) is 32.6 Å². The molecular formula is C10H18N2O4. The first-order chi connectivity index (χ1) is 7.56. The summed E-state index contributed by atoms with van der Waals surface area (Å²) < 4.78 is 0. The predicted molar refractivity (Wildman–Crippen MR) is 57.8 cm³/mol. The molecule has 16 heavy (non-hydrogen) atoms. The van der Waals surface area contributed by atoms with E-state index in [1.54, 1.807) is 0 Å². The van der Waals surface area contributed by atoms with E-state index in [4.69, 9.17) is 5.11 Å². The molecule has 0 aliphatic carbocycles. The Hall–Kier alpha value is -1.59. The van der Waals surface area contributed by atoms with Crippen LogP contribution in [0.15, 0.2) is 0 Å². The van der Waals surface area contributed by atoms with Gasteiger partial charge in [-0.05, 0) is 12.8 Å². The van der Waals surface area contributed by atoms with Gasteiger partial charge in [-0.25, -0.2) is 0 Å². The zero-order valence-electron chi connectivity index (χ0n) is 9.41. The van der Waals surface area contributed by atoms with E-state index in [9.17, 15) is 14.4 Å². The van der Waals surface area contributed by atoms with Crippen LogP contribution in [0.1, 0.15) is 32.6 Å². The monoisotopic (exact) mass is 230 g/mol. The summed E-state index contributed by atoms with van der Waals surface area (Å²) in [6.45, 7) is 2.48. The summed E-state index contributed by atoms with van der Waals surface area (Å²) in [7, 11) is 0. The lowest BCUT2D eigenvalue weighted by atomic mass is 10.2. The molecule has 0 aliphatic heterocycles. The lowest BCUT2D eigenvalue weighted by Crippen LogP contribution is -2.37. The number of carboxylic acid groups (broad SMARTS) is 1. The zero-order valence-corrected chi connectivity index (χ0v) is 9.41. The number of aliphatic carboxylic acids is 1. The van der Waals surface area contributed by atoms with Crippen LogP contribution in [0.2, 0.25) is 0 Å². The zero-order chi connectivity index (χ0) is 12.4. The molecule has 0 atom stereocenters. The second-order valence-electron chi connectivity index (χ2n) is 3.37. The highest BCUT2D eigenvalue weighted by atomic mass is 16.4. The van der Waals surface area contributed by atoms with E-state index >= 15 is 0 Å². The van der Waals surface area contributed by atoms with Crippen molar-refractivity contribution in [2.75, 3.05) is 13.1 Å². The number of carboxylic acids is 1. The minimum absolute atomic E-state index is 0.0323. The fourth-order valence-corrected chi connectivity index (χ4v) is 0.994. The summed E-state index contributed by atoms with van der Waals surface area (Å²) in [6, 6.07) is 0. The highest BCUT2D eigenvalue weighted by molar-refractivity contribution is 5.84. The predicted octanol–water partition coefficient (Wildman–Crippen LogP) is -0.116. The highest BCUT2D eigenvalue weighted by Crippen LogP contribution is 1.94. The molecule has 0 unspecified atom stereocenters. The molecule has 3 N–H and O–H groups in total. The van der Waals surface area contributed by atoms with Crippen molar-refractivity contribution in [2.24, 2.45) is 0 Å². The first kappa shape index (κ1) is 14.4. The minimum atomic E-state index is -0.923. The Morgan fingerprint density at radius 2 is 1.75 bits per heavy atom. The van der Waals surface area contributed by atoms with E-state index in [0.717, 1.165) is 6.42 Å². The third-order valence-electron chi connectivity index (χ3n) is 1.81. The van der Waals surface area contributed by atoms with E-state index in [-0.39, 0.29) is 37.6 Å². The average Bonchev–Trinajstić information content (AvgIpc) is 2.23. The largest absolute Gasteiger partial charge is 0.481 e. The highest BCUT2D eigenvalue weighted by Gasteiger charge is 2.05. The Labute approximate surface area is 94.4 Å². The lowest BCUT2D eigenvalue weighted by molar-refractivity contribution is -0.137. The second kappa shape index (κ2) is 8.70. The van der Waals surface area contributed by atoms with Crippen molar-refractivity contribution in [3.63, 3.8) is 0 Å². The van der Waals surface area contributed by atoms with Gasteiger partial charge in [0.2, 0.25) is 11.8 Å². The van der Waals surface area contributed by atoms with Crippen molar-refractivity contribution < 1.29 is 19.5 Å². The van der Waals surface area contributed by atoms with Crippen LogP contribution < -0.4 is 10.6 Å². The van der Waals surface area contributed by atoms with Crippen molar-refractivity contribution in [3.05, 3.63) is 0 Å². The van der Waals surface area contributed by atoms with Gasteiger partial charge in [0.25, 0.3) is 0 Å². The molecule has 0 aromatic carbocycles. The van der Waals surface area contributed by atoms with Crippen molar-refractivity contribution in [1.82, 2.24) is 10.6 Å². The topological polar surface area (TPSA) is 95.5 Å².